The number of aromatic nitrogens is 2. The van der Waals surface area contributed by atoms with Gasteiger partial charge in [0.05, 0.1) is 6.61 Å². The largest absolute Gasteiger partial charge is 0.494 e. The third-order valence-corrected chi connectivity index (χ3v) is 3.01. The van der Waals surface area contributed by atoms with Crippen LogP contribution in [0.2, 0.25) is 0 Å². The summed E-state index contributed by atoms with van der Waals surface area (Å²) in [5.41, 5.74) is 6.88. The van der Waals surface area contributed by atoms with Gasteiger partial charge in [0.25, 0.3) is 0 Å². The van der Waals surface area contributed by atoms with Gasteiger partial charge in [0, 0.05) is 19.2 Å². The zero-order valence-electron chi connectivity index (χ0n) is 11.5. The van der Waals surface area contributed by atoms with E-state index in [-0.39, 0.29) is 0 Å². The SMILES string of the molecule is CC(C)c1ccc(OCCCn2ccc(N)n2)cc1. The lowest BCUT2D eigenvalue weighted by molar-refractivity contribution is 0.298. The van der Waals surface area contributed by atoms with Gasteiger partial charge in [0.1, 0.15) is 11.6 Å². The van der Waals surface area contributed by atoms with Crippen molar-refractivity contribution in [2.45, 2.75) is 32.7 Å². The Balaban J connectivity index is 1.73. The van der Waals surface area contributed by atoms with E-state index >= 15 is 0 Å². The fraction of sp³-hybridized carbons (Fsp3) is 0.400. The van der Waals surface area contributed by atoms with Crippen LogP contribution >= 0.6 is 0 Å². The minimum atomic E-state index is 0.555. The number of rotatable bonds is 6. The van der Waals surface area contributed by atoms with E-state index in [9.17, 15) is 0 Å². The zero-order chi connectivity index (χ0) is 13.7. The highest BCUT2D eigenvalue weighted by Gasteiger charge is 2.00. The number of aryl methyl sites for hydroxylation is 1. The molecule has 0 bridgehead atoms. The number of benzene rings is 1. The number of hydrogen-bond donors (Lipinski definition) is 1. The van der Waals surface area contributed by atoms with Gasteiger partial charge >= 0.3 is 0 Å². The zero-order valence-corrected chi connectivity index (χ0v) is 11.5. The quantitative estimate of drug-likeness (QED) is 0.811. The predicted octanol–water partition coefficient (Wildman–Crippen LogP) is 3.06. The number of nitrogens with two attached hydrogens (primary N) is 1. The lowest BCUT2D eigenvalue weighted by Gasteiger charge is -2.09. The molecule has 0 aliphatic heterocycles. The number of ether oxygens (including phenoxy) is 1. The maximum absolute atomic E-state index is 5.70. The second-order valence-electron chi connectivity index (χ2n) is 4.93. The van der Waals surface area contributed by atoms with E-state index in [1.54, 1.807) is 6.07 Å². The highest BCUT2D eigenvalue weighted by Crippen LogP contribution is 2.18. The van der Waals surface area contributed by atoms with Gasteiger partial charge in [0.15, 0.2) is 0 Å². The molecule has 1 aromatic heterocycles. The summed E-state index contributed by atoms with van der Waals surface area (Å²) in [6.07, 6.45) is 2.79. The van der Waals surface area contributed by atoms with Gasteiger partial charge in [-0.25, -0.2) is 0 Å². The van der Waals surface area contributed by atoms with E-state index in [1.807, 2.05) is 23.0 Å². The molecule has 2 aromatic rings. The standard InChI is InChI=1S/C15H21N3O/c1-12(2)13-4-6-14(7-5-13)19-11-3-9-18-10-8-15(16)17-18/h4-8,10,12H,3,9,11H2,1-2H3,(H2,16,17). The Labute approximate surface area is 114 Å². The summed E-state index contributed by atoms with van der Waals surface area (Å²) < 4.78 is 7.53. The summed E-state index contributed by atoms with van der Waals surface area (Å²) in [4.78, 5) is 0. The second kappa shape index (κ2) is 6.27. The molecule has 0 saturated heterocycles. The van der Waals surface area contributed by atoms with Crippen molar-refractivity contribution >= 4 is 5.82 Å². The molecular formula is C15H21N3O. The molecule has 102 valence electrons. The molecule has 4 heteroatoms. The Morgan fingerprint density at radius 2 is 1.95 bits per heavy atom. The van der Waals surface area contributed by atoms with Crippen LogP contribution in [-0.4, -0.2) is 16.4 Å². The van der Waals surface area contributed by atoms with Crippen molar-refractivity contribution in [1.82, 2.24) is 9.78 Å². The van der Waals surface area contributed by atoms with Gasteiger partial charge in [0.2, 0.25) is 0 Å². The van der Waals surface area contributed by atoms with Crippen LogP contribution in [0.5, 0.6) is 5.75 Å². The summed E-state index contributed by atoms with van der Waals surface area (Å²) in [6, 6.07) is 10.1. The minimum absolute atomic E-state index is 0.555. The molecule has 0 amide bonds. The third kappa shape index (κ3) is 4.02. The first-order chi connectivity index (χ1) is 9.15. The second-order valence-corrected chi connectivity index (χ2v) is 4.93. The van der Waals surface area contributed by atoms with Gasteiger partial charge in [-0.05, 0) is 29.7 Å². The summed E-state index contributed by atoms with van der Waals surface area (Å²) in [5.74, 6) is 2.04. The highest BCUT2D eigenvalue weighted by atomic mass is 16.5. The molecule has 0 unspecified atom stereocenters. The van der Waals surface area contributed by atoms with Gasteiger partial charge in [-0.2, -0.15) is 5.10 Å². The Bertz CT molecular complexity index is 502. The van der Waals surface area contributed by atoms with Crippen LogP contribution in [0.15, 0.2) is 36.5 Å². The predicted molar refractivity (Wildman–Crippen MR) is 77.3 cm³/mol. The molecule has 0 spiro atoms. The molecule has 1 heterocycles. The number of nitrogen functional groups attached to an aromatic ring is 1. The fourth-order valence-corrected chi connectivity index (χ4v) is 1.87. The lowest BCUT2D eigenvalue weighted by atomic mass is 10.0. The number of nitrogens with zero attached hydrogens (tertiary/aromatic N) is 2. The first-order valence-electron chi connectivity index (χ1n) is 6.67. The molecule has 0 radical (unpaired) electrons. The first kappa shape index (κ1) is 13.5. The molecule has 0 atom stereocenters. The maximum atomic E-state index is 5.70. The first-order valence-corrected chi connectivity index (χ1v) is 6.67. The Kier molecular flexibility index (Phi) is 4.44. The molecule has 2 N–H and O–H groups in total. The van der Waals surface area contributed by atoms with Crippen LogP contribution < -0.4 is 10.5 Å². The van der Waals surface area contributed by atoms with Crippen molar-refractivity contribution in [3.05, 3.63) is 42.1 Å². The van der Waals surface area contributed by atoms with E-state index in [0.29, 0.717) is 18.3 Å². The van der Waals surface area contributed by atoms with Crippen LogP contribution in [-0.2, 0) is 6.54 Å². The highest BCUT2D eigenvalue weighted by molar-refractivity contribution is 5.28. The summed E-state index contributed by atoms with van der Waals surface area (Å²) in [7, 11) is 0. The minimum Gasteiger partial charge on any atom is -0.494 e. The average Bonchev–Trinajstić information content (AvgIpc) is 2.81. The topological polar surface area (TPSA) is 53.1 Å². The molecular weight excluding hydrogens is 238 g/mol. The van der Waals surface area contributed by atoms with Crippen molar-refractivity contribution in [2.24, 2.45) is 0 Å². The van der Waals surface area contributed by atoms with E-state index in [2.05, 4.69) is 31.1 Å². The van der Waals surface area contributed by atoms with Gasteiger partial charge < -0.3 is 10.5 Å². The van der Waals surface area contributed by atoms with Crippen molar-refractivity contribution in [3.8, 4) is 5.75 Å². The molecule has 0 saturated carbocycles. The molecule has 1 aromatic carbocycles. The third-order valence-electron chi connectivity index (χ3n) is 3.01. The van der Waals surface area contributed by atoms with Crippen LogP contribution in [0, 0.1) is 0 Å². The lowest BCUT2D eigenvalue weighted by Crippen LogP contribution is -2.05. The van der Waals surface area contributed by atoms with Gasteiger partial charge in [-0.3, -0.25) is 4.68 Å². The van der Waals surface area contributed by atoms with Crippen molar-refractivity contribution in [2.75, 3.05) is 12.3 Å². The summed E-state index contributed by atoms with van der Waals surface area (Å²) >= 11 is 0. The summed E-state index contributed by atoms with van der Waals surface area (Å²) in [5, 5.41) is 4.13. The smallest absolute Gasteiger partial charge is 0.145 e. The van der Waals surface area contributed by atoms with E-state index in [1.165, 1.54) is 5.56 Å². The molecule has 0 aliphatic rings. The van der Waals surface area contributed by atoms with Crippen LogP contribution in [0.25, 0.3) is 0 Å². The van der Waals surface area contributed by atoms with Crippen LogP contribution in [0.4, 0.5) is 5.82 Å². The Hall–Kier alpha value is -1.97. The van der Waals surface area contributed by atoms with Crippen molar-refractivity contribution in [1.29, 1.82) is 0 Å². The Morgan fingerprint density at radius 3 is 2.53 bits per heavy atom. The number of anilines is 1. The van der Waals surface area contributed by atoms with Gasteiger partial charge in [-0.1, -0.05) is 26.0 Å². The normalized spacial score (nSPS) is 10.9. The molecule has 0 aliphatic carbocycles. The van der Waals surface area contributed by atoms with Gasteiger partial charge in [-0.15, -0.1) is 0 Å². The number of hydrogen-bond acceptors (Lipinski definition) is 3. The van der Waals surface area contributed by atoms with Crippen molar-refractivity contribution < 1.29 is 4.74 Å². The molecule has 2 rings (SSSR count). The molecule has 19 heavy (non-hydrogen) atoms. The average molecular weight is 259 g/mol. The van der Waals surface area contributed by atoms with Crippen molar-refractivity contribution in [3.63, 3.8) is 0 Å². The van der Waals surface area contributed by atoms with Crippen LogP contribution in [0.1, 0.15) is 31.7 Å². The monoisotopic (exact) mass is 259 g/mol. The Morgan fingerprint density at radius 1 is 1.21 bits per heavy atom. The molecule has 4 nitrogen and oxygen atoms in total. The molecule has 0 fully saturated rings. The fourth-order valence-electron chi connectivity index (χ4n) is 1.87. The maximum Gasteiger partial charge on any atom is 0.145 e. The van der Waals surface area contributed by atoms with E-state index in [0.717, 1.165) is 18.7 Å². The van der Waals surface area contributed by atoms with Crippen LogP contribution in [0.3, 0.4) is 0 Å². The summed E-state index contributed by atoms with van der Waals surface area (Å²) in [6.45, 7) is 5.87. The van der Waals surface area contributed by atoms with E-state index in [4.69, 9.17) is 10.5 Å². The van der Waals surface area contributed by atoms with E-state index < -0.39 is 0 Å².